The van der Waals surface area contributed by atoms with Gasteiger partial charge in [-0.2, -0.15) is 0 Å². The van der Waals surface area contributed by atoms with E-state index in [0.717, 1.165) is 12.0 Å². The molecule has 0 radical (unpaired) electrons. The third-order valence-corrected chi connectivity index (χ3v) is 5.22. The number of nitrogens with one attached hydrogen (secondary N) is 1. The molecule has 1 aliphatic rings. The van der Waals surface area contributed by atoms with E-state index in [1.165, 1.54) is 16.3 Å². The number of rotatable bonds is 6. The van der Waals surface area contributed by atoms with Gasteiger partial charge in [-0.15, -0.1) is 5.10 Å². The molecule has 4 rings (SSSR count). The van der Waals surface area contributed by atoms with Gasteiger partial charge < -0.3 is 14.9 Å². The summed E-state index contributed by atoms with van der Waals surface area (Å²) in [5.74, 6) is 0. The molecule has 0 saturated carbocycles. The van der Waals surface area contributed by atoms with E-state index >= 15 is 0 Å². The number of aliphatic hydroxyl groups is 2. The lowest BCUT2D eigenvalue weighted by molar-refractivity contribution is -0.0458. The Morgan fingerprint density at radius 3 is 2.80 bits per heavy atom. The van der Waals surface area contributed by atoms with Crippen LogP contribution in [0.15, 0.2) is 46.2 Å². The number of aromatic nitrogens is 5. The molecular formula is C20H23N5O5. The molecule has 1 aliphatic heterocycles. The summed E-state index contributed by atoms with van der Waals surface area (Å²) in [6.07, 6.45) is 1.56. The second-order valence-corrected chi connectivity index (χ2v) is 7.30. The monoisotopic (exact) mass is 413 g/mol. The number of benzene rings is 1. The summed E-state index contributed by atoms with van der Waals surface area (Å²) in [5, 5.41) is 27.4. The second kappa shape index (κ2) is 8.34. The van der Waals surface area contributed by atoms with Crippen LogP contribution >= 0.6 is 0 Å². The Bertz CT molecular complexity index is 1150. The molecule has 3 heterocycles. The number of ether oxygens (including phenoxy) is 1. The van der Waals surface area contributed by atoms with E-state index in [1.807, 2.05) is 12.1 Å². The van der Waals surface area contributed by atoms with Crippen LogP contribution in [0.3, 0.4) is 0 Å². The molecule has 3 aromatic rings. The maximum Gasteiger partial charge on any atom is 0.330 e. The van der Waals surface area contributed by atoms with Gasteiger partial charge in [0.2, 0.25) is 0 Å². The van der Waals surface area contributed by atoms with Gasteiger partial charge in [0.1, 0.15) is 18.0 Å². The van der Waals surface area contributed by atoms with Crippen LogP contribution in [0, 0.1) is 0 Å². The third kappa shape index (κ3) is 3.97. The lowest BCUT2D eigenvalue weighted by Crippen LogP contribution is -2.33. The minimum absolute atomic E-state index is 0.122. The van der Waals surface area contributed by atoms with Crippen LogP contribution in [0.1, 0.15) is 30.7 Å². The van der Waals surface area contributed by atoms with Gasteiger partial charge in [0.15, 0.2) is 0 Å². The maximum atomic E-state index is 12.4. The van der Waals surface area contributed by atoms with Crippen molar-refractivity contribution in [1.29, 1.82) is 0 Å². The molecule has 1 aromatic carbocycles. The fourth-order valence-corrected chi connectivity index (χ4v) is 3.57. The minimum atomic E-state index is -0.901. The lowest BCUT2D eigenvalue weighted by Gasteiger charge is -2.14. The molecule has 3 atom stereocenters. The van der Waals surface area contributed by atoms with Crippen LogP contribution in [0.2, 0.25) is 0 Å². The molecular weight excluding hydrogens is 390 g/mol. The number of H-pyrrole nitrogens is 1. The van der Waals surface area contributed by atoms with E-state index in [1.54, 1.807) is 10.9 Å². The van der Waals surface area contributed by atoms with Crippen LogP contribution < -0.4 is 11.2 Å². The summed E-state index contributed by atoms with van der Waals surface area (Å²) in [5.41, 5.74) is 1.50. The van der Waals surface area contributed by atoms with Crippen molar-refractivity contribution in [3.05, 3.63) is 68.6 Å². The van der Waals surface area contributed by atoms with Gasteiger partial charge in [-0.1, -0.05) is 36.4 Å². The van der Waals surface area contributed by atoms with Gasteiger partial charge in [0, 0.05) is 12.6 Å². The first-order valence-corrected chi connectivity index (χ1v) is 9.76. The third-order valence-electron chi connectivity index (χ3n) is 5.22. The Balaban J connectivity index is 1.62. The Kier molecular flexibility index (Phi) is 5.62. The van der Waals surface area contributed by atoms with Crippen molar-refractivity contribution in [2.75, 3.05) is 6.61 Å². The van der Waals surface area contributed by atoms with Gasteiger partial charge in [0.05, 0.1) is 31.0 Å². The molecule has 0 aliphatic carbocycles. The van der Waals surface area contributed by atoms with E-state index in [0.29, 0.717) is 12.2 Å². The number of aliphatic hydroxyl groups excluding tert-OH is 2. The average Bonchev–Trinajstić information content (AvgIpc) is 3.34. The molecule has 0 spiro atoms. The van der Waals surface area contributed by atoms with Crippen molar-refractivity contribution < 1.29 is 14.9 Å². The molecule has 1 saturated heterocycles. The number of hydrogen-bond acceptors (Lipinski definition) is 7. The summed E-state index contributed by atoms with van der Waals surface area (Å²) in [7, 11) is 0. The Hall–Kier alpha value is -3.08. The van der Waals surface area contributed by atoms with E-state index < -0.39 is 29.7 Å². The van der Waals surface area contributed by atoms with Crippen molar-refractivity contribution in [3.63, 3.8) is 0 Å². The summed E-state index contributed by atoms with van der Waals surface area (Å²) >= 11 is 0. The van der Waals surface area contributed by atoms with Gasteiger partial charge in [-0.25, -0.2) is 9.48 Å². The van der Waals surface area contributed by atoms with Gasteiger partial charge in [-0.05, 0) is 17.5 Å². The standard InChI is InChI=1S/C20H23N5O5/c1-2-12-4-3-5-13(6-12)8-24-10-15(22-23-24)14-9-25(20(29)21-19(14)28)18-7-16(27)17(11-26)30-18/h3-6,9-10,16-18,26-27H,2,7-8,11H2,1H3,(H,21,28,29)/t16-,17+,18+/m0/s1. The number of aromatic amines is 1. The highest BCUT2D eigenvalue weighted by Gasteiger charge is 2.35. The molecule has 0 bridgehead atoms. The van der Waals surface area contributed by atoms with E-state index in [2.05, 4.69) is 34.4 Å². The zero-order chi connectivity index (χ0) is 21.3. The topological polar surface area (TPSA) is 135 Å². The lowest BCUT2D eigenvalue weighted by atomic mass is 10.1. The van der Waals surface area contributed by atoms with E-state index in [4.69, 9.17) is 4.74 Å². The highest BCUT2D eigenvalue weighted by molar-refractivity contribution is 5.54. The molecule has 1 fully saturated rings. The predicted octanol–water partition coefficient (Wildman–Crippen LogP) is 0.0465. The average molecular weight is 413 g/mol. The first kappa shape index (κ1) is 20.2. The smallest absolute Gasteiger partial charge is 0.330 e. The van der Waals surface area contributed by atoms with Crippen LogP contribution in [0.5, 0.6) is 0 Å². The number of aryl methyl sites for hydroxylation is 1. The molecule has 0 unspecified atom stereocenters. The van der Waals surface area contributed by atoms with Crippen LogP contribution in [0.25, 0.3) is 11.3 Å². The molecule has 2 aromatic heterocycles. The first-order valence-electron chi connectivity index (χ1n) is 9.76. The SMILES string of the molecule is CCc1cccc(Cn2cc(-c3cn([C@H]4C[C@H](O)[C@@H](CO)O4)c(=O)[nH]c3=O)nn2)c1. The summed E-state index contributed by atoms with van der Waals surface area (Å²) in [6.45, 7) is 2.22. The minimum Gasteiger partial charge on any atom is -0.394 e. The Labute approximate surface area is 171 Å². The van der Waals surface area contributed by atoms with Crippen molar-refractivity contribution in [2.24, 2.45) is 0 Å². The van der Waals surface area contributed by atoms with E-state index in [-0.39, 0.29) is 18.6 Å². The van der Waals surface area contributed by atoms with Crippen molar-refractivity contribution in [3.8, 4) is 11.3 Å². The van der Waals surface area contributed by atoms with Crippen LogP contribution in [0.4, 0.5) is 0 Å². The zero-order valence-electron chi connectivity index (χ0n) is 16.4. The Morgan fingerprint density at radius 1 is 1.27 bits per heavy atom. The van der Waals surface area contributed by atoms with Gasteiger partial charge in [0.25, 0.3) is 5.56 Å². The fourth-order valence-electron chi connectivity index (χ4n) is 3.57. The molecule has 0 amide bonds. The molecule has 10 heteroatoms. The van der Waals surface area contributed by atoms with Crippen LogP contribution in [-0.4, -0.2) is 53.6 Å². The Morgan fingerprint density at radius 2 is 2.07 bits per heavy atom. The summed E-state index contributed by atoms with van der Waals surface area (Å²) in [4.78, 5) is 26.9. The molecule has 3 N–H and O–H groups in total. The van der Waals surface area contributed by atoms with Crippen molar-refractivity contribution in [1.82, 2.24) is 24.5 Å². The normalized spacial score (nSPS) is 21.2. The van der Waals surface area contributed by atoms with E-state index in [9.17, 15) is 19.8 Å². The van der Waals surface area contributed by atoms with Gasteiger partial charge in [-0.3, -0.25) is 14.3 Å². The predicted molar refractivity (Wildman–Crippen MR) is 107 cm³/mol. The first-order chi connectivity index (χ1) is 14.5. The summed E-state index contributed by atoms with van der Waals surface area (Å²) in [6, 6.07) is 8.13. The largest absolute Gasteiger partial charge is 0.394 e. The quantitative estimate of drug-likeness (QED) is 0.519. The maximum absolute atomic E-state index is 12.4. The van der Waals surface area contributed by atoms with Crippen molar-refractivity contribution in [2.45, 2.75) is 44.7 Å². The highest BCUT2D eigenvalue weighted by Crippen LogP contribution is 2.27. The fraction of sp³-hybridized carbons (Fsp3) is 0.400. The number of nitrogens with zero attached hydrogens (tertiary/aromatic N) is 4. The molecule has 10 nitrogen and oxygen atoms in total. The molecule has 30 heavy (non-hydrogen) atoms. The van der Waals surface area contributed by atoms with Crippen LogP contribution in [-0.2, 0) is 17.7 Å². The number of hydrogen-bond donors (Lipinski definition) is 3. The van der Waals surface area contributed by atoms with Gasteiger partial charge >= 0.3 is 5.69 Å². The zero-order valence-corrected chi connectivity index (χ0v) is 16.4. The molecule has 158 valence electrons. The summed E-state index contributed by atoms with van der Waals surface area (Å²) < 4.78 is 8.34. The second-order valence-electron chi connectivity index (χ2n) is 7.30. The van der Waals surface area contributed by atoms with Crippen molar-refractivity contribution >= 4 is 0 Å². The highest BCUT2D eigenvalue weighted by atomic mass is 16.5.